The topological polar surface area (TPSA) is 127 Å². The lowest BCUT2D eigenvalue weighted by Gasteiger charge is -2.31. The number of aromatic nitrogens is 4. The van der Waals surface area contributed by atoms with E-state index < -0.39 is 41.1 Å². The summed E-state index contributed by atoms with van der Waals surface area (Å²) in [6.45, 7) is 6.12. The maximum atomic E-state index is 15.1. The Labute approximate surface area is 315 Å². The minimum Gasteiger partial charge on any atom is -0.467 e. The summed E-state index contributed by atoms with van der Waals surface area (Å²) in [4.78, 5) is 28.4. The van der Waals surface area contributed by atoms with Crippen molar-refractivity contribution in [1.29, 1.82) is 0 Å². The Morgan fingerprint density at radius 2 is 1.96 bits per heavy atom. The molecule has 12 nitrogen and oxygen atoms in total. The number of amides is 1. The predicted octanol–water partition coefficient (Wildman–Crippen LogP) is 5.32. The van der Waals surface area contributed by atoms with Crippen LogP contribution in [0, 0.1) is 5.82 Å². The molecule has 4 unspecified atom stereocenters. The van der Waals surface area contributed by atoms with Crippen LogP contribution >= 0.6 is 11.6 Å². The first-order chi connectivity index (χ1) is 25.7. The zero-order valence-electron chi connectivity index (χ0n) is 30.5. The molecule has 1 amide bonds. The van der Waals surface area contributed by atoms with Crippen molar-refractivity contribution < 1.29 is 36.2 Å². The van der Waals surface area contributed by atoms with E-state index in [0.29, 0.717) is 68.0 Å². The number of fused-ring (bicyclic) bond motifs is 3. The number of benzene rings is 1. The van der Waals surface area contributed by atoms with E-state index in [1.807, 2.05) is 11.9 Å². The first kappa shape index (κ1) is 38.5. The molecule has 1 aromatic carbocycles. The van der Waals surface area contributed by atoms with Gasteiger partial charge in [-0.25, -0.2) is 8.78 Å². The summed E-state index contributed by atoms with van der Waals surface area (Å²) in [5.41, 5.74) is 4.95. The number of nitrogen functional groups attached to an aromatic ring is 1. The number of halogens is 6. The van der Waals surface area contributed by atoms with Gasteiger partial charge >= 0.3 is 12.2 Å². The third-order valence-electron chi connectivity index (χ3n) is 11.3. The Kier molecular flexibility index (Phi) is 10.7. The van der Waals surface area contributed by atoms with Gasteiger partial charge in [-0.3, -0.25) is 14.4 Å². The predicted molar refractivity (Wildman–Crippen MR) is 191 cm³/mol. The second kappa shape index (κ2) is 15.0. The number of carbonyl (C=O) groups is 1. The fourth-order valence-electron chi connectivity index (χ4n) is 8.25. The standard InChI is InChI=1S/C29H33ClF4N8O3.C7H12FN/c1-28(36-2)7-10-41(14-28)26(43)24-22(30)19-12-40(8-4-9-42(19)39-24)25-15-13-45-20(11-18(15)37-27(38-25)44-3)21-16(29(32,33)34)5-6-17(35)23(21)31;8-6-4-7-2-1-3-9(7)5-6/h5-6,20,36H,4,7-14,35H2,1-3H3;6-7H,1-5H2. The largest absolute Gasteiger partial charge is 0.467 e. The van der Waals surface area contributed by atoms with Gasteiger partial charge in [0.05, 0.1) is 54.0 Å². The van der Waals surface area contributed by atoms with Gasteiger partial charge in [0.25, 0.3) is 5.91 Å². The number of nitrogens with two attached hydrogens (primary N) is 1. The van der Waals surface area contributed by atoms with Crippen molar-refractivity contribution in [3.05, 3.63) is 56.7 Å². The van der Waals surface area contributed by atoms with E-state index in [9.17, 15) is 22.4 Å². The number of hydrogen-bond donors (Lipinski definition) is 2. The van der Waals surface area contributed by atoms with Crippen LogP contribution in [0.5, 0.6) is 6.01 Å². The smallest absolute Gasteiger partial charge is 0.416 e. The Balaban J connectivity index is 0.000000433. The number of likely N-dealkylation sites (N-methyl/N-ethyl adjacent to an activating group) is 1. The molecule has 0 spiro atoms. The van der Waals surface area contributed by atoms with Crippen LogP contribution in [-0.2, 0) is 37.0 Å². The molecular formula is C36H45ClF5N9O3. The van der Waals surface area contributed by atoms with Gasteiger partial charge < -0.3 is 30.3 Å². The molecule has 2 aromatic heterocycles. The molecule has 5 aliphatic heterocycles. The molecule has 3 saturated heterocycles. The fourth-order valence-corrected chi connectivity index (χ4v) is 8.53. The van der Waals surface area contributed by atoms with Crippen molar-refractivity contribution in [1.82, 2.24) is 34.9 Å². The van der Waals surface area contributed by atoms with Gasteiger partial charge in [0, 0.05) is 61.9 Å². The van der Waals surface area contributed by atoms with Gasteiger partial charge in [-0.1, -0.05) is 11.6 Å². The third-order valence-corrected chi connectivity index (χ3v) is 11.7. The molecule has 0 aliphatic carbocycles. The Hall–Kier alpha value is -3.80. The van der Waals surface area contributed by atoms with Crippen LogP contribution in [0.25, 0.3) is 0 Å². The lowest BCUT2D eigenvalue weighted by atomic mass is 9.94. The molecule has 54 heavy (non-hydrogen) atoms. The van der Waals surface area contributed by atoms with Crippen molar-refractivity contribution in [3.63, 3.8) is 0 Å². The van der Waals surface area contributed by atoms with Gasteiger partial charge in [0.2, 0.25) is 0 Å². The average molecular weight is 782 g/mol. The van der Waals surface area contributed by atoms with Crippen LogP contribution in [0.1, 0.15) is 83.7 Å². The van der Waals surface area contributed by atoms with Crippen molar-refractivity contribution in [2.45, 2.75) is 95.2 Å². The molecule has 0 radical (unpaired) electrons. The summed E-state index contributed by atoms with van der Waals surface area (Å²) in [6, 6.07) is 2.25. The van der Waals surface area contributed by atoms with E-state index in [0.717, 1.165) is 31.5 Å². The van der Waals surface area contributed by atoms with Crippen LogP contribution in [0.3, 0.4) is 0 Å². The number of methoxy groups -OCH3 is 1. The average Bonchev–Trinajstić information content (AvgIpc) is 3.88. The monoisotopic (exact) mass is 781 g/mol. The van der Waals surface area contributed by atoms with Crippen molar-refractivity contribution in [3.8, 4) is 6.01 Å². The van der Waals surface area contributed by atoms with Crippen LogP contribution in [-0.4, -0.2) is 100 Å². The minimum absolute atomic E-state index is 0.00479. The highest BCUT2D eigenvalue weighted by Gasteiger charge is 2.41. The molecule has 5 aliphatic rings. The molecule has 4 atom stereocenters. The number of ether oxygens (including phenoxy) is 2. The van der Waals surface area contributed by atoms with Gasteiger partial charge in [0.1, 0.15) is 12.0 Å². The zero-order chi connectivity index (χ0) is 38.5. The second-order valence-corrected chi connectivity index (χ2v) is 15.3. The van der Waals surface area contributed by atoms with Gasteiger partial charge in [-0.15, -0.1) is 0 Å². The van der Waals surface area contributed by atoms with Crippen LogP contribution < -0.4 is 20.7 Å². The lowest BCUT2D eigenvalue weighted by Crippen LogP contribution is -2.43. The molecule has 3 aromatic rings. The molecule has 8 rings (SSSR count). The number of likely N-dealkylation sites (tertiary alicyclic amines) is 1. The molecule has 7 heterocycles. The molecule has 3 fully saturated rings. The summed E-state index contributed by atoms with van der Waals surface area (Å²) < 4.78 is 82.2. The SMILES string of the molecule is CNC1(C)CCN(C(=O)c2nn3c(c2Cl)CN(c2nc(OC)nc4c2COC(c2c(C(F)(F)F)ccc(N)c2F)C4)CCC3)C1.FC1CC2CCCN2C1. The fraction of sp³-hybridized carbons (Fsp3) is 0.611. The highest BCUT2D eigenvalue weighted by molar-refractivity contribution is 6.34. The number of rotatable bonds is 5. The molecule has 0 bridgehead atoms. The highest BCUT2D eigenvalue weighted by atomic mass is 35.5. The van der Waals surface area contributed by atoms with E-state index >= 15 is 4.39 Å². The Morgan fingerprint density at radius 1 is 1.17 bits per heavy atom. The lowest BCUT2D eigenvalue weighted by molar-refractivity contribution is -0.140. The van der Waals surface area contributed by atoms with E-state index in [-0.39, 0.29) is 47.7 Å². The van der Waals surface area contributed by atoms with Crippen LogP contribution in [0.4, 0.5) is 33.5 Å². The number of alkyl halides is 4. The summed E-state index contributed by atoms with van der Waals surface area (Å²) in [6.07, 6.45) is -2.04. The number of carbonyl (C=O) groups excluding carboxylic acids is 1. The normalized spacial score (nSPS) is 25.5. The van der Waals surface area contributed by atoms with Gasteiger partial charge in [-0.2, -0.15) is 28.2 Å². The number of nitrogens with one attached hydrogen (secondary N) is 1. The first-order valence-electron chi connectivity index (χ1n) is 18.3. The third kappa shape index (κ3) is 7.43. The van der Waals surface area contributed by atoms with Crippen molar-refractivity contribution in [2.24, 2.45) is 0 Å². The molecule has 18 heteroatoms. The number of nitrogens with zero attached hydrogens (tertiary/aromatic N) is 7. The molecule has 3 N–H and O–H groups in total. The maximum absolute atomic E-state index is 15.1. The number of anilines is 2. The van der Waals surface area contributed by atoms with Crippen LogP contribution in [0.2, 0.25) is 5.02 Å². The second-order valence-electron chi connectivity index (χ2n) is 14.9. The Morgan fingerprint density at radius 3 is 2.67 bits per heavy atom. The zero-order valence-corrected chi connectivity index (χ0v) is 31.2. The molecular weight excluding hydrogens is 737 g/mol. The van der Waals surface area contributed by atoms with Crippen molar-refractivity contribution in [2.75, 3.05) is 57.5 Å². The quantitative estimate of drug-likeness (QED) is 0.260. The maximum Gasteiger partial charge on any atom is 0.416 e. The van der Waals surface area contributed by atoms with Crippen LogP contribution in [0.15, 0.2) is 12.1 Å². The van der Waals surface area contributed by atoms with E-state index in [1.54, 1.807) is 9.58 Å². The van der Waals surface area contributed by atoms with E-state index in [2.05, 4.69) is 32.2 Å². The summed E-state index contributed by atoms with van der Waals surface area (Å²) >= 11 is 6.82. The van der Waals surface area contributed by atoms with E-state index in [4.69, 9.17) is 26.8 Å². The van der Waals surface area contributed by atoms with Crippen molar-refractivity contribution >= 4 is 29.0 Å². The summed E-state index contributed by atoms with van der Waals surface area (Å²) in [5, 5.41) is 8.12. The molecule has 294 valence electrons. The summed E-state index contributed by atoms with van der Waals surface area (Å²) in [5.74, 6) is -0.967. The van der Waals surface area contributed by atoms with Gasteiger partial charge in [0.15, 0.2) is 11.5 Å². The number of hydrogen-bond acceptors (Lipinski definition) is 10. The summed E-state index contributed by atoms with van der Waals surface area (Å²) in [7, 11) is 3.25. The highest BCUT2D eigenvalue weighted by Crippen LogP contribution is 2.43. The first-order valence-corrected chi connectivity index (χ1v) is 18.6. The van der Waals surface area contributed by atoms with Gasteiger partial charge in [-0.05, 0) is 64.8 Å². The minimum atomic E-state index is -4.82. The van der Waals surface area contributed by atoms with E-state index in [1.165, 1.54) is 20.0 Å². The number of aryl methyl sites for hydroxylation is 1. The molecule has 0 saturated carbocycles. The Bertz CT molecular complexity index is 1880.